The van der Waals surface area contributed by atoms with Crippen molar-refractivity contribution < 1.29 is 18.5 Å². The van der Waals surface area contributed by atoms with Crippen LogP contribution in [0.15, 0.2) is 60.1 Å². The maximum atomic E-state index is 13.8. The molecule has 2 aromatic heterocycles. The number of amides is 1. The standard InChI is InChI=1S/C27H27N5O4S2/c1-27(2,16-29-26-28-13-15-38-26)17-4-6-18(7-5-17)31-14-12-21-22(25(34)36-37)30-32(23(21)24(31)33)19-8-10-20(35-3)11-9-19/h4-11,13,15,37H,12,14,16H2,1-3H3,(H,28,29). The Hall–Kier alpha value is -3.83. The van der Waals surface area contributed by atoms with Crippen LogP contribution in [0.2, 0.25) is 0 Å². The molecule has 196 valence electrons. The number of benzene rings is 2. The molecule has 1 amide bonds. The van der Waals surface area contributed by atoms with Crippen molar-refractivity contribution >= 4 is 46.9 Å². The van der Waals surface area contributed by atoms with Crippen molar-refractivity contribution in [2.75, 3.05) is 30.4 Å². The molecule has 11 heteroatoms. The average molecular weight is 550 g/mol. The number of nitrogens with zero attached hydrogens (tertiary/aromatic N) is 4. The number of carbonyl (C=O) groups excluding carboxylic acids is 2. The van der Waals surface area contributed by atoms with Crippen molar-refractivity contribution in [2.45, 2.75) is 25.7 Å². The third-order valence-electron chi connectivity index (χ3n) is 6.68. The molecule has 0 saturated heterocycles. The number of anilines is 2. The zero-order valence-corrected chi connectivity index (χ0v) is 22.9. The van der Waals surface area contributed by atoms with Crippen LogP contribution in [0, 0.1) is 0 Å². The van der Waals surface area contributed by atoms with Gasteiger partial charge in [0, 0.05) is 54.2 Å². The summed E-state index contributed by atoms with van der Waals surface area (Å²) >= 11 is 5.23. The van der Waals surface area contributed by atoms with Gasteiger partial charge < -0.3 is 19.1 Å². The summed E-state index contributed by atoms with van der Waals surface area (Å²) in [5.74, 6) is -0.274. The Balaban J connectivity index is 1.44. The topological polar surface area (TPSA) is 98.6 Å². The Kier molecular flexibility index (Phi) is 7.13. The normalized spacial score (nSPS) is 13.3. The fourth-order valence-corrected chi connectivity index (χ4v) is 5.14. The third kappa shape index (κ3) is 4.86. The summed E-state index contributed by atoms with van der Waals surface area (Å²) < 4.78 is 11.4. The minimum Gasteiger partial charge on any atom is -0.497 e. The van der Waals surface area contributed by atoms with Crippen molar-refractivity contribution in [3.8, 4) is 11.4 Å². The minimum atomic E-state index is -0.698. The molecule has 0 radical (unpaired) electrons. The van der Waals surface area contributed by atoms with Crippen LogP contribution in [-0.2, 0) is 16.0 Å². The van der Waals surface area contributed by atoms with Gasteiger partial charge in [-0.2, -0.15) is 5.10 Å². The number of fused-ring (bicyclic) bond motifs is 1. The van der Waals surface area contributed by atoms with Gasteiger partial charge in [0.05, 0.1) is 12.8 Å². The highest BCUT2D eigenvalue weighted by Crippen LogP contribution is 2.32. The van der Waals surface area contributed by atoms with Crippen LogP contribution in [0.25, 0.3) is 5.69 Å². The van der Waals surface area contributed by atoms with Gasteiger partial charge in [0.15, 0.2) is 10.8 Å². The predicted molar refractivity (Wildman–Crippen MR) is 150 cm³/mol. The summed E-state index contributed by atoms with van der Waals surface area (Å²) in [7, 11) is 1.58. The van der Waals surface area contributed by atoms with Crippen LogP contribution in [0.1, 0.15) is 46.0 Å². The van der Waals surface area contributed by atoms with E-state index in [-0.39, 0.29) is 17.0 Å². The number of thiazole rings is 1. The van der Waals surface area contributed by atoms with Crippen molar-refractivity contribution in [3.63, 3.8) is 0 Å². The lowest BCUT2D eigenvalue weighted by molar-refractivity contribution is 0.0764. The predicted octanol–water partition coefficient (Wildman–Crippen LogP) is 4.93. The number of hydrogen-bond donors (Lipinski definition) is 2. The Morgan fingerprint density at radius 1 is 1.13 bits per heavy atom. The molecule has 5 rings (SSSR count). The quantitative estimate of drug-likeness (QED) is 0.238. The van der Waals surface area contributed by atoms with Gasteiger partial charge in [-0.1, -0.05) is 26.0 Å². The first-order chi connectivity index (χ1) is 18.3. The van der Waals surface area contributed by atoms with Gasteiger partial charge in [-0.15, -0.1) is 11.3 Å². The van der Waals surface area contributed by atoms with Crippen LogP contribution >= 0.6 is 24.2 Å². The van der Waals surface area contributed by atoms with E-state index in [0.717, 1.165) is 22.9 Å². The van der Waals surface area contributed by atoms with E-state index in [1.165, 1.54) is 4.68 Å². The molecule has 1 N–H and O–H groups in total. The molecule has 3 heterocycles. The number of ether oxygens (including phenoxy) is 1. The molecule has 0 atom stereocenters. The second-order valence-electron chi connectivity index (χ2n) is 9.49. The molecule has 0 unspecified atom stereocenters. The molecule has 1 aliphatic heterocycles. The van der Waals surface area contributed by atoms with Gasteiger partial charge in [-0.3, -0.25) is 4.79 Å². The maximum Gasteiger partial charge on any atom is 0.370 e. The van der Waals surface area contributed by atoms with E-state index in [0.29, 0.717) is 35.7 Å². The van der Waals surface area contributed by atoms with E-state index in [4.69, 9.17) is 4.74 Å². The zero-order valence-electron chi connectivity index (χ0n) is 21.2. The molecule has 4 aromatic rings. The molecule has 0 bridgehead atoms. The highest BCUT2D eigenvalue weighted by Gasteiger charge is 2.35. The van der Waals surface area contributed by atoms with Crippen LogP contribution in [0.4, 0.5) is 10.8 Å². The van der Waals surface area contributed by atoms with Crippen molar-refractivity contribution in [1.29, 1.82) is 0 Å². The molecule has 9 nitrogen and oxygen atoms in total. The molecular formula is C27H27N5O4S2. The zero-order chi connectivity index (χ0) is 26.9. The Labute approximate surface area is 230 Å². The molecule has 0 fully saturated rings. The van der Waals surface area contributed by atoms with Gasteiger partial charge in [0.2, 0.25) is 0 Å². The molecular weight excluding hydrogens is 522 g/mol. The number of hydrogen-bond acceptors (Lipinski definition) is 9. The van der Waals surface area contributed by atoms with E-state index in [2.05, 4.69) is 46.3 Å². The average Bonchev–Trinajstić information content (AvgIpc) is 3.61. The molecule has 2 aromatic carbocycles. The van der Waals surface area contributed by atoms with E-state index < -0.39 is 5.97 Å². The Morgan fingerprint density at radius 2 is 1.84 bits per heavy atom. The van der Waals surface area contributed by atoms with E-state index >= 15 is 0 Å². The third-order valence-corrected chi connectivity index (χ3v) is 7.58. The lowest BCUT2D eigenvalue weighted by atomic mass is 9.84. The van der Waals surface area contributed by atoms with Gasteiger partial charge in [-0.05, 0) is 48.4 Å². The van der Waals surface area contributed by atoms with E-state index in [9.17, 15) is 9.59 Å². The van der Waals surface area contributed by atoms with Crippen molar-refractivity contribution in [1.82, 2.24) is 14.8 Å². The fraction of sp³-hybridized carbons (Fsp3) is 0.259. The lowest BCUT2D eigenvalue weighted by Gasteiger charge is -2.29. The van der Waals surface area contributed by atoms with Crippen LogP contribution in [0.5, 0.6) is 5.75 Å². The van der Waals surface area contributed by atoms with Gasteiger partial charge in [0.25, 0.3) is 5.91 Å². The molecule has 0 aliphatic carbocycles. The summed E-state index contributed by atoms with van der Waals surface area (Å²) in [6.45, 7) is 5.45. The SMILES string of the molecule is COc1ccc(-n2nc(C(=O)OS)c3c2C(=O)N(c2ccc(C(C)(C)CNc4nccs4)cc2)CC3)cc1. The highest BCUT2D eigenvalue weighted by molar-refractivity contribution is 7.75. The van der Waals surface area contributed by atoms with Crippen LogP contribution in [-0.4, -0.2) is 46.8 Å². The van der Waals surface area contributed by atoms with Crippen LogP contribution < -0.4 is 15.0 Å². The summed E-state index contributed by atoms with van der Waals surface area (Å²) in [4.78, 5) is 32.2. The minimum absolute atomic E-state index is 0.0867. The number of nitrogens with one attached hydrogen (secondary N) is 1. The summed E-state index contributed by atoms with van der Waals surface area (Å²) in [5.41, 5.74) is 3.34. The first-order valence-electron chi connectivity index (χ1n) is 12.0. The second-order valence-corrected chi connectivity index (χ2v) is 10.6. The first kappa shape index (κ1) is 25.8. The maximum absolute atomic E-state index is 13.8. The highest BCUT2D eigenvalue weighted by atomic mass is 32.1. The number of thiol groups is 1. The summed E-state index contributed by atoms with van der Waals surface area (Å²) in [6, 6.07) is 15.1. The van der Waals surface area contributed by atoms with E-state index in [1.807, 2.05) is 29.6 Å². The first-order valence-corrected chi connectivity index (χ1v) is 13.2. The Morgan fingerprint density at radius 3 is 2.47 bits per heavy atom. The number of methoxy groups -OCH3 is 1. The monoisotopic (exact) mass is 549 g/mol. The summed E-state index contributed by atoms with van der Waals surface area (Å²) in [5, 5.41) is 10.7. The summed E-state index contributed by atoms with van der Waals surface area (Å²) in [6.07, 6.45) is 2.22. The molecule has 38 heavy (non-hydrogen) atoms. The van der Waals surface area contributed by atoms with Crippen molar-refractivity contribution in [3.05, 3.63) is 82.6 Å². The van der Waals surface area contributed by atoms with Crippen LogP contribution in [0.3, 0.4) is 0 Å². The number of aromatic nitrogens is 3. The lowest BCUT2D eigenvalue weighted by Crippen LogP contribution is -2.39. The van der Waals surface area contributed by atoms with Gasteiger partial charge in [-0.25, -0.2) is 14.5 Å². The number of rotatable bonds is 8. The second kappa shape index (κ2) is 10.5. The Bertz CT molecular complexity index is 1450. The molecule has 0 saturated carbocycles. The van der Waals surface area contributed by atoms with Gasteiger partial charge >= 0.3 is 5.97 Å². The smallest absolute Gasteiger partial charge is 0.370 e. The molecule has 1 aliphatic rings. The fourth-order valence-electron chi connectivity index (χ4n) is 4.53. The largest absolute Gasteiger partial charge is 0.497 e. The van der Waals surface area contributed by atoms with E-state index in [1.54, 1.807) is 53.8 Å². The van der Waals surface area contributed by atoms with Crippen molar-refractivity contribution in [2.24, 2.45) is 0 Å². The number of carbonyl (C=O) groups is 2. The molecule has 0 spiro atoms. The van der Waals surface area contributed by atoms with Gasteiger partial charge in [0.1, 0.15) is 11.4 Å².